The summed E-state index contributed by atoms with van der Waals surface area (Å²) >= 11 is 1.53. The van der Waals surface area contributed by atoms with Crippen molar-refractivity contribution in [2.45, 2.75) is 18.0 Å². The maximum atomic E-state index is 14.1. The second-order valence-corrected chi connectivity index (χ2v) is 11.2. The number of aromatic nitrogens is 3. The van der Waals surface area contributed by atoms with Crippen molar-refractivity contribution in [2.75, 3.05) is 11.9 Å². The zero-order valence-corrected chi connectivity index (χ0v) is 21.7. The predicted molar refractivity (Wildman–Crippen MR) is 146 cm³/mol. The Morgan fingerprint density at radius 2 is 1.71 bits per heavy atom. The van der Waals surface area contributed by atoms with Gasteiger partial charge >= 0.3 is 5.97 Å². The van der Waals surface area contributed by atoms with Gasteiger partial charge in [0.05, 0.1) is 17.8 Å². The van der Waals surface area contributed by atoms with Gasteiger partial charge in [0.15, 0.2) is 0 Å². The molecule has 0 amide bonds. The number of benzene rings is 2. The van der Waals surface area contributed by atoms with Gasteiger partial charge in [0, 0.05) is 35.3 Å². The molecule has 0 spiro atoms. The average molecular weight is 546 g/mol. The Morgan fingerprint density at radius 1 is 0.921 bits per heavy atom. The SMILES string of the molecule is O=C(O)CNc1cccc(CN(Cc2ccc(-c3nccs3)cc2)S(=O)(=O)c2cccc3cccnc23)n1. The fraction of sp³-hybridized carbons (Fsp3) is 0.111. The minimum Gasteiger partial charge on any atom is -0.480 e. The molecule has 2 N–H and O–H groups in total. The van der Waals surface area contributed by atoms with Crippen molar-refractivity contribution in [1.82, 2.24) is 19.3 Å². The Hall–Kier alpha value is -4.19. The Labute approximate surface area is 223 Å². The van der Waals surface area contributed by atoms with Gasteiger partial charge in [-0.05, 0) is 29.8 Å². The summed E-state index contributed by atoms with van der Waals surface area (Å²) < 4.78 is 29.5. The topological polar surface area (TPSA) is 125 Å². The van der Waals surface area contributed by atoms with Crippen LogP contribution in [-0.2, 0) is 27.9 Å². The molecule has 2 aromatic carbocycles. The molecule has 0 unspecified atom stereocenters. The van der Waals surface area contributed by atoms with Gasteiger partial charge in [-0.25, -0.2) is 18.4 Å². The highest BCUT2D eigenvalue weighted by Crippen LogP contribution is 2.28. The van der Waals surface area contributed by atoms with E-state index in [0.717, 1.165) is 21.5 Å². The molecule has 0 bridgehead atoms. The number of nitrogens with one attached hydrogen (secondary N) is 1. The highest BCUT2D eigenvalue weighted by Gasteiger charge is 2.28. The molecular weight excluding hydrogens is 522 g/mol. The number of sulfonamides is 1. The van der Waals surface area contributed by atoms with Gasteiger partial charge < -0.3 is 10.4 Å². The molecule has 38 heavy (non-hydrogen) atoms. The first-order valence-electron chi connectivity index (χ1n) is 11.6. The van der Waals surface area contributed by atoms with Crippen LogP contribution in [0.1, 0.15) is 11.3 Å². The number of thiazole rings is 1. The molecule has 0 radical (unpaired) electrons. The summed E-state index contributed by atoms with van der Waals surface area (Å²) in [5.74, 6) is -0.673. The highest BCUT2D eigenvalue weighted by atomic mass is 32.2. The molecule has 0 aliphatic carbocycles. The monoisotopic (exact) mass is 545 g/mol. The lowest BCUT2D eigenvalue weighted by molar-refractivity contribution is -0.134. The van der Waals surface area contributed by atoms with E-state index in [4.69, 9.17) is 5.11 Å². The molecule has 3 heterocycles. The number of hydrogen-bond acceptors (Lipinski definition) is 8. The average Bonchev–Trinajstić information content (AvgIpc) is 3.47. The summed E-state index contributed by atoms with van der Waals surface area (Å²) in [6.07, 6.45) is 3.31. The molecule has 0 saturated heterocycles. The lowest BCUT2D eigenvalue weighted by Crippen LogP contribution is -2.31. The van der Waals surface area contributed by atoms with Gasteiger partial charge in [-0.1, -0.05) is 48.5 Å². The zero-order valence-electron chi connectivity index (χ0n) is 20.1. The lowest BCUT2D eigenvalue weighted by Gasteiger charge is -2.23. The number of carboxylic acid groups (broad SMARTS) is 1. The number of aliphatic carboxylic acids is 1. The molecule has 0 fully saturated rings. The first-order chi connectivity index (χ1) is 18.4. The number of fused-ring (bicyclic) bond motifs is 1. The van der Waals surface area contributed by atoms with Crippen molar-refractivity contribution < 1.29 is 18.3 Å². The normalized spacial score (nSPS) is 11.6. The summed E-state index contributed by atoms with van der Waals surface area (Å²) in [4.78, 5) is 24.2. The van der Waals surface area contributed by atoms with Crippen molar-refractivity contribution in [3.05, 3.63) is 102 Å². The summed E-state index contributed by atoms with van der Waals surface area (Å²) in [7, 11) is -4.01. The summed E-state index contributed by atoms with van der Waals surface area (Å²) in [5, 5.41) is 15.2. The van der Waals surface area contributed by atoms with Gasteiger partial charge in [0.1, 0.15) is 22.3 Å². The van der Waals surface area contributed by atoms with Gasteiger partial charge in [-0.15, -0.1) is 11.3 Å². The standard InChI is InChI=1S/C27H23N5O4S2/c33-25(34)16-30-24-8-2-6-22(31-24)18-32(17-19-9-11-21(12-10-19)27-29-14-15-37-27)38(35,36)23-7-1-4-20-5-3-13-28-26(20)23/h1-15H,16-18H2,(H,30,31)(H,33,34). The molecule has 3 aromatic heterocycles. The smallest absolute Gasteiger partial charge is 0.322 e. The maximum Gasteiger partial charge on any atom is 0.322 e. The second kappa shape index (κ2) is 11.1. The maximum absolute atomic E-state index is 14.1. The van der Waals surface area contributed by atoms with E-state index in [1.54, 1.807) is 48.8 Å². The number of nitrogens with zero attached hydrogens (tertiary/aromatic N) is 4. The molecule has 11 heteroatoms. The van der Waals surface area contributed by atoms with Gasteiger partial charge in [-0.3, -0.25) is 9.78 Å². The molecule has 5 aromatic rings. The van der Waals surface area contributed by atoms with Crippen LogP contribution in [0.5, 0.6) is 0 Å². The molecule has 5 rings (SSSR count). The number of carbonyl (C=O) groups is 1. The summed E-state index contributed by atoms with van der Waals surface area (Å²) in [6, 6.07) is 21.3. The van der Waals surface area contributed by atoms with E-state index in [-0.39, 0.29) is 24.5 Å². The second-order valence-electron chi connectivity index (χ2n) is 8.40. The van der Waals surface area contributed by atoms with Crippen molar-refractivity contribution in [2.24, 2.45) is 0 Å². The predicted octanol–water partition coefficient (Wildman–Crippen LogP) is 4.64. The number of anilines is 1. The third-order valence-corrected chi connectivity index (χ3v) is 8.42. The van der Waals surface area contributed by atoms with E-state index in [1.807, 2.05) is 41.8 Å². The third-order valence-electron chi connectivity index (χ3n) is 5.77. The molecular formula is C27H23N5O4S2. The third kappa shape index (κ3) is 5.70. The Kier molecular flexibility index (Phi) is 7.40. The van der Waals surface area contributed by atoms with Crippen LogP contribution in [0.15, 0.2) is 95.5 Å². The summed E-state index contributed by atoms with van der Waals surface area (Å²) in [5.41, 5.74) is 2.61. The Bertz CT molecular complexity index is 1670. The number of carboxylic acids is 1. The van der Waals surface area contributed by atoms with Crippen molar-refractivity contribution >= 4 is 44.1 Å². The van der Waals surface area contributed by atoms with E-state index in [2.05, 4.69) is 20.3 Å². The van der Waals surface area contributed by atoms with Gasteiger partial charge in [0.2, 0.25) is 10.0 Å². The first kappa shape index (κ1) is 25.5. The molecule has 0 aliphatic rings. The molecule has 0 aliphatic heterocycles. The van der Waals surface area contributed by atoms with Crippen LogP contribution in [0.3, 0.4) is 0 Å². The Balaban J connectivity index is 1.50. The van der Waals surface area contributed by atoms with Crippen LogP contribution in [0.4, 0.5) is 5.82 Å². The molecule has 192 valence electrons. The largest absolute Gasteiger partial charge is 0.480 e. The number of rotatable bonds is 10. The van der Waals surface area contributed by atoms with Crippen molar-refractivity contribution in [3.63, 3.8) is 0 Å². The minimum absolute atomic E-state index is 0.0254. The fourth-order valence-electron chi connectivity index (χ4n) is 3.98. The van der Waals surface area contributed by atoms with Crippen LogP contribution >= 0.6 is 11.3 Å². The molecule has 0 atom stereocenters. The van der Waals surface area contributed by atoms with E-state index in [0.29, 0.717) is 17.0 Å². The zero-order chi connectivity index (χ0) is 26.5. The minimum atomic E-state index is -4.01. The summed E-state index contributed by atoms with van der Waals surface area (Å²) in [6.45, 7) is -0.230. The van der Waals surface area contributed by atoms with Crippen LogP contribution in [0, 0.1) is 0 Å². The van der Waals surface area contributed by atoms with Crippen LogP contribution < -0.4 is 5.32 Å². The quantitative estimate of drug-likeness (QED) is 0.260. The fourth-order valence-corrected chi connectivity index (χ4v) is 6.19. The van der Waals surface area contributed by atoms with Gasteiger partial charge in [-0.2, -0.15) is 4.31 Å². The van der Waals surface area contributed by atoms with Crippen LogP contribution in [-0.4, -0.2) is 45.3 Å². The van der Waals surface area contributed by atoms with Crippen LogP contribution in [0.25, 0.3) is 21.5 Å². The van der Waals surface area contributed by atoms with E-state index < -0.39 is 16.0 Å². The van der Waals surface area contributed by atoms with Crippen LogP contribution in [0.2, 0.25) is 0 Å². The van der Waals surface area contributed by atoms with E-state index in [9.17, 15) is 13.2 Å². The lowest BCUT2D eigenvalue weighted by atomic mass is 10.1. The number of hydrogen-bond donors (Lipinski definition) is 2. The molecule has 0 saturated carbocycles. The molecule has 9 nitrogen and oxygen atoms in total. The Morgan fingerprint density at radius 3 is 2.47 bits per heavy atom. The van der Waals surface area contributed by atoms with Crippen molar-refractivity contribution in [3.8, 4) is 10.6 Å². The van der Waals surface area contributed by atoms with Gasteiger partial charge in [0.25, 0.3) is 0 Å². The van der Waals surface area contributed by atoms with E-state index >= 15 is 0 Å². The van der Waals surface area contributed by atoms with E-state index in [1.165, 1.54) is 15.6 Å². The number of para-hydroxylation sites is 1. The first-order valence-corrected chi connectivity index (χ1v) is 14.0. The number of pyridine rings is 2. The highest BCUT2D eigenvalue weighted by molar-refractivity contribution is 7.89. The van der Waals surface area contributed by atoms with Crippen molar-refractivity contribution in [1.29, 1.82) is 0 Å².